The predicted molar refractivity (Wildman–Crippen MR) is 67.2 cm³/mol. The number of esters is 1. The van der Waals surface area contributed by atoms with Crippen LogP contribution >= 0.6 is 0 Å². The molecule has 6 nitrogen and oxygen atoms in total. The normalized spacial score (nSPS) is 21.7. The first-order valence-corrected chi connectivity index (χ1v) is 6.37. The third-order valence-electron chi connectivity index (χ3n) is 3.02. The maximum Gasteiger partial charge on any atom is 0.307 e. The Morgan fingerprint density at radius 1 is 1.26 bits per heavy atom. The largest absolute Gasteiger partial charge is 0.481 e. The highest BCUT2D eigenvalue weighted by Crippen LogP contribution is 2.25. The minimum atomic E-state index is -0.963. The Bertz CT molecular complexity index is 377. The molecule has 0 fully saturated rings. The number of carbonyl (C=O) groups excluding carboxylic acids is 2. The van der Waals surface area contributed by atoms with E-state index in [1.807, 2.05) is 6.08 Å². The van der Waals surface area contributed by atoms with Gasteiger partial charge in [-0.05, 0) is 19.8 Å². The molecule has 0 spiro atoms. The lowest BCUT2D eigenvalue weighted by molar-refractivity contribution is -0.147. The summed E-state index contributed by atoms with van der Waals surface area (Å²) >= 11 is 0. The zero-order valence-corrected chi connectivity index (χ0v) is 10.9. The smallest absolute Gasteiger partial charge is 0.307 e. The fraction of sp³-hybridized carbons (Fsp3) is 0.615. The van der Waals surface area contributed by atoms with E-state index in [1.165, 1.54) is 0 Å². The Hall–Kier alpha value is -1.85. The molecule has 0 aromatic carbocycles. The second kappa shape index (κ2) is 7.56. The molecule has 0 radical (unpaired) electrons. The van der Waals surface area contributed by atoms with Crippen LogP contribution in [0.15, 0.2) is 12.2 Å². The summed E-state index contributed by atoms with van der Waals surface area (Å²) in [5.74, 6) is -2.91. The van der Waals surface area contributed by atoms with E-state index in [2.05, 4.69) is 5.32 Å². The van der Waals surface area contributed by atoms with E-state index in [0.717, 1.165) is 0 Å². The van der Waals surface area contributed by atoms with Gasteiger partial charge in [-0.1, -0.05) is 12.2 Å². The molecule has 106 valence electrons. The van der Waals surface area contributed by atoms with Crippen LogP contribution in [0.3, 0.4) is 0 Å². The van der Waals surface area contributed by atoms with Crippen molar-refractivity contribution in [2.75, 3.05) is 13.2 Å². The fourth-order valence-electron chi connectivity index (χ4n) is 2.03. The van der Waals surface area contributed by atoms with Gasteiger partial charge in [-0.3, -0.25) is 14.4 Å². The van der Waals surface area contributed by atoms with E-state index in [-0.39, 0.29) is 24.8 Å². The Labute approximate surface area is 111 Å². The molecule has 1 amide bonds. The van der Waals surface area contributed by atoms with Crippen LogP contribution in [0.5, 0.6) is 0 Å². The minimum Gasteiger partial charge on any atom is -0.481 e. The SMILES string of the molecule is CCOC(=O)CCNC(=O)C1CC=CCC1C(=O)O. The molecule has 1 aliphatic rings. The molecule has 1 rings (SSSR count). The van der Waals surface area contributed by atoms with Crippen molar-refractivity contribution in [3.05, 3.63) is 12.2 Å². The van der Waals surface area contributed by atoms with Gasteiger partial charge in [-0.25, -0.2) is 0 Å². The number of hydrogen-bond acceptors (Lipinski definition) is 4. The number of carbonyl (C=O) groups is 3. The van der Waals surface area contributed by atoms with Crippen molar-refractivity contribution in [1.82, 2.24) is 5.32 Å². The summed E-state index contributed by atoms with van der Waals surface area (Å²) in [6, 6.07) is 0. The van der Waals surface area contributed by atoms with Crippen molar-refractivity contribution in [1.29, 1.82) is 0 Å². The van der Waals surface area contributed by atoms with E-state index in [4.69, 9.17) is 9.84 Å². The van der Waals surface area contributed by atoms with Crippen molar-refractivity contribution in [2.45, 2.75) is 26.2 Å². The number of aliphatic carboxylic acids is 1. The molecule has 2 unspecified atom stereocenters. The van der Waals surface area contributed by atoms with Gasteiger partial charge >= 0.3 is 11.9 Å². The summed E-state index contributed by atoms with van der Waals surface area (Å²) in [6.07, 6.45) is 4.48. The molecule has 0 saturated carbocycles. The second-order valence-corrected chi connectivity index (χ2v) is 4.34. The van der Waals surface area contributed by atoms with Crippen molar-refractivity contribution < 1.29 is 24.2 Å². The molecule has 0 heterocycles. The Kier molecular flexibility index (Phi) is 6.05. The summed E-state index contributed by atoms with van der Waals surface area (Å²) in [6.45, 7) is 2.19. The van der Waals surface area contributed by atoms with Gasteiger partial charge in [0.15, 0.2) is 0 Å². The summed E-state index contributed by atoms with van der Waals surface area (Å²) in [4.78, 5) is 34.0. The average Bonchev–Trinajstić information content (AvgIpc) is 2.38. The van der Waals surface area contributed by atoms with Crippen molar-refractivity contribution in [3.63, 3.8) is 0 Å². The van der Waals surface area contributed by atoms with Crippen LogP contribution in [0.25, 0.3) is 0 Å². The third kappa shape index (κ3) is 4.73. The Morgan fingerprint density at radius 2 is 1.89 bits per heavy atom. The highest BCUT2D eigenvalue weighted by molar-refractivity contribution is 5.85. The van der Waals surface area contributed by atoms with Gasteiger partial charge in [0.05, 0.1) is 24.9 Å². The summed E-state index contributed by atoms with van der Waals surface area (Å²) in [5, 5.41) is 11.6. The number of allylic oxidation sites excluding steroid dienone is 2. The van der Waals surface area contributed by atoms with Crippen molar-refractivity contribution >= 4 is 17.8 Å². The highest BCUT2D eigenvalue weighted by atomic mass is 16.5. The molecule has 0 aliphatic heterocycles. The maximum absolute atomic E-state index is 11.9. The molecule has 0 saturated heterocycles. The van der Waals surface area contributed by atoms with Crippen molar-refractivity contribution in [2.24, 2.45) is 11.8 Å². The molecule has 0 aromatic rings. The summed E-state index contributed by atoms with van der Waals surface area (Å²) in [5.41, 5.74) is 0. The lowest BCUT2D eigenvalue weighted by Crippen LogP contribution is -2.39. The molecule has 0 aromatic heterocycles. The first kappa shape index (κ1) is 15.2. The first-order valence-electron chi connectivity index (χ1n) is 6.37. The molecule has 1 aliphatic carbocycles. The van der Waals surface area contributed by atoms with Crippen molar-refractivity contribution in [3.8, 4) is 0 Å². The topological polar surface area (TPSA) is 92.7 Å². The monoisotopic (exact) mass is 269 g/mol. The Morgan fingerprint density at radius 3 is 2.47 bits per heavy atom. The zero-order chi connectivity index (χ0) is 14.3. The maximum atomic E-state index is 11.9. The van der Waals surface area contributed by atoms with Crippen LogP contribution in [-0.4, -0.2) is 36.1 Å². The summed E-state index contributed by atoms with van der Waals surface area (Å²) in [7, 11) is 0. The molecule has 2 N–H and O–H groups in total. The number of hydrogen-bond donors (Lipinski definition) is 2. The van der Waals surface area contributed by atoms with E-state index in [9.17, 15) is 14.4 Å². The van der Waals surface area contributed by atoms with Gasteiger partial charge in [0, 0.05) is 6.54 Å². The van der Waals surface area contributed by atoms with Gasteiger partial charge in [0.25, 0.3) is 0 Å². The third-order valence-corrected chi connectivity index (χ3v) is 3.02. The van der Waals surface area contributed by atoms with Crippen LogP contribution in [0, 0.1) is 11.8 Å². The highest BCUT2D eigenvalue weighted by Gasteiger charge is 2.33. The van der Waals surface area contributed by atoms with Crippen LogP contribution in [-0.2, 0) is 19.1 Å². The molecule has 0 bridgehead atoms. The molecule has 6 heteroatoms. The molecular formula is C13H19NO5. The Balaban J connectivity index is 2.41. The minimum absolute atomic E-state index is 0.0971. The van der Waals surface area contributed by atoms with Gasteiger partial charge in [-0.15, -0.1) is 0 Å². The molecule has 2 atom stereocenters. The summed E-state index contributed by atoms with van der Waals surface area (Å²) < 4.78 is 4.73. The van der Waals surface area contributed by atoms with E-state index < -0.39 is 17.8 Å². The lowest BCUT2D eigenvalue weighted by atomic mass is 9.82. The number of amides is 1. The number of rotatable bonds is 6. The number of carboxylic acids is 1. The average molecular weight is 269 g/mol. The van der Waals surface area contributed by atoms with E-state index in [0.29, 0.717) is 19.4 Å². The second-order valence-electron chi connectivity index (χ2n) is 4.34. The van der Waals surface area contributed by atoms with E-state index in [1.54, 1.807) is 13.0 Å². The molecular weight excluding hydrogens is 250 g/mol. The number of nitrogens with one attached hydrogen (secondary N) is 1. The predicted octanol–water partition coefficient (Wildman–Crippen LogP) is 0.723. The fourth-order valence-corrected chi connectivity index (χ4v) is 2.03. The van der Waals surface area contributed by atoms with Crippen LogP contribution < -0.4 is 5.32 Å². The van der Waals surface area contributed by atoms with Gasteiger partial charge in [0.2, 0.25) is 5.91 Å². The van der Waals surface area contributed by atoms with E-state index >= 15 is 0 Å². The quantitative estimate of drug-likeness (QED) is 0.547. The van der Waals surface area contributed by atoms with Crippen LogP contribution in [0.2, 0.25) is 0 Å². The molecule has 19 heavy (non-hydrogen) atoms. The zero-order valence-electron chi connectivity index (χ0n) is 10.9. The van der Waals surface area contributed by atoms with Gasteiger partial charge in [-0.2, -0.15) is 0 Å². The first-order chi connectivity index (χ1) is 9.06. The number of carboxylic acid groups (broad SMARTS) is 1. The lowest BCUT2D eigenvalue weighted by Gasteiger charge is -2.24. The van der Waals surface area contributed by atoms with Crippen LogP contribution in [0.1, 0.15) is 26.2 Å². The van der Waals surface area contributed by atoms with Crippen LogP contribution in [0.4, 0.5) is 0 Å². The standard InChI is InChI=1S/C13H19NO5/c1-2-19-11(15)7-8-14-12(16)9-5-3-4-6-10(9)13(17)18/h3-4,9-10H,2,5-8H2,1H3,(H,14,16)(H,17,18). The number of ether oxygens (including phenoxy) is 1. The van der Waals surface area contributed by atoms with Gasteiger partial charge in [0.1, 0.15) is 0 Å². The van der Waals surface area contributed by atoms with Gasteiger partial charge < -0.3 is 15.2 Å².